The molecule has 1 fully saturated rings. The largest absolute Gasteiger partial charge is 0.477 e. The number of hydrogen-bond acceptors (Lipinski definition) is 7. The van der Waals surface area contributed by atoms with Gasteiger partial charge in [0.15, 0.2) is 5.37 Å². The van der Waals surface area contributed by atoms with Crippen LogP contribution < -0.4 is 0 Å². The fourth-order valence-electron chi connectivity index (χ4n) is 2.86. The van der Waals surface area contributed by atoms with Crippen LogP contribution in [0.5, 0.6) is 0 Å². The second-order valence-electron chi connectivity index (χ2n) is 5.77. The lowest BCUT2D eigenvalue weighted by molar-refractivity contribution is -0.141. The van der Waals surface area contributed by atoms with Gasteiger partial charge >= 0.3 is 11.9 Å². The van der Waals surface area contributed by atoms with Crippen molar-refractivity contribution in [2.75, 3.05) is 7.11 Å². The molecule has 0 radical (unpaired) electrons. The maximum atomic E-state index is 12.9. The average Bonchev–Trinajstić information content (AvgIpc) is 2.67. The fourth-order valence-corrected chi connectivity index (χ4v) is 4.58. The number of hydrogen-bond donors (Lipinski definition) is 1. The van der Waals surface area contributed by atoms with Crippen LogP contribution in [0.25, 0.3) is 6.08 Å². The van der Waals surface area contributed by atoms with Crippen molar-refractivity contribution in [3.05, 3.63) is 70.6 Å². The molecular weight excluding hydrogens is 388 g/mol. The number of nitrogens with zero attached hydrogens (tertiary/aromatic N) is 2. The van der Waals surface area contributed by atoms with Crippen LogP contribution in [0.3, 0.4) is 0 Å². The molecule has 9 nitrogen and oxygen atoms in total. The zero-order valence-electron chi connectivity index (χ0n) is 14.5. The van der Waals surface area contributed by atoms with E-state index in [1.54, 1.807) is 18.2 Å². The van der Waals surface area contributed by atoms with Crippen molar-refractivity contribution in [2.45, 2.75) is 5.37 Å². The summed E-state index contributed by atoms with van der Waals surface area (Å²) in [6, 6.07) is 4.89. The lowest BCUT2D eigenvalue weighted by Gasteiger charge is -2.45. The number of rotatable bonds is 4. The van der Waals surface area contributed by atoms with Crippen LogP contribution in [-0.2, 0) is 29.0 Å². The van der Waals surface area contributed by atoms with Crippen LogP contribution in [0, 0.1) is 0 Å². The molecule has 0 bridgehead atoms. The number of carboxylic acids is 1. The van der Waals surface area contributed by atoms with Gasteiger partial charge in [-0.15, -0.1) is 0 Å². The van der Waals surface area contributed by atoms with E-state index in [0.29, 0.717) is 10.6 Å². The number of amides is 1. The maximum absolute atomic E-state index is 12.9. The third-order valence-corrected chi connectivity index (χ3v) is 6.14. The van der Waals surface area contributed by atoms with Gasteiger partial charge in [-0.3, -0.25) is 14.7 Å². The predicted molar refractivity (Wildman–Crippen MR) is 96.7 cm³/mol. The highest BCUT2D eigenvalue weighted by atomic mass is 32.2. The SMILES string of the molecule is C=C1C(/C=C/C(=O)OC)=C(C(=O)O)N2C(=O)/C(=C/c3ccccn3)C2S1(=O)=O. The van der Waals surface area contributed by atoms with Crippen molar-refractivity contribution in [3.63, 3.8) is 0 Å². The first kappa shape index (κ1) is 19.2. The van der Waals surface area contributed by atoms with Crippen LogP contribution in [0.15, 0.2) is 64.9 Å². The number of ether oxygens (including phenoxy) is 1. The van der Waals surface area contributed by atoms with Gasteiger partial charge in [0, 0.05) is 17.8 Å². The van der Waals surface area contributed by atoms with E-state index in [1.165, 1.54) is 12.3 Å². The summed E-state index contributed by atoms with van der Waals surface area (Å²) in [6.07, 6.45) is 4.58. The highest BCUT2D eigenvalue weighted by molar-refractivity contribution is 7.96. The molecule has 1 aromatic rings. The molecule has 0 aromatic carbocycles. The maximum Gasteiger partial charge on any atom is 0.353 e. The Kier molecular flexibility index (Phi) is 4.73. The lowest BCUT2D eigenvalue weighted by Crippen LogP contribution is -2.61. The van der Waals surface area contributed by atoms with Crippen molar-refractivity contribution in [1.82, 2.24) is 9.88 Å². The highest BCUT2D eigenvalue weighted by Gasteiger charge is 2.57. The van der Waals surface area contributed by atoms with Crippen molar-refractivity contribution in [1.29, 1.82) is 0 Å². The first-order valence-electron chi connectivity index (χ1n) is 7.83. The van der Waals surface area contributed by atoms with Crippen molar-refractivity contribution in [3.8, 4) is 0 Å². The van der Waals surface area contributed by atoms with Gasteiger partial charge in [0.2, 0.25) is 9.84 Å². The minimum Gasteiger partial charge on any atom is -0.477 e. The second kappa shape index (κ2) is 6.89. The van der Waals surface area contributed by atoms with Gasteiger partial charge in [-0.25, -0.2) is 18.0 Å². The number of carbonyl (C=O) groups excluding carboxylic acids is 2. The number of esters is 1. The van der Waals surface area contributed by atoms with Gasteiger partial charge in [0.05, 0.1) is 23.3 Å². The first-order chi connectivity index (χ1) is 13.2. The number of pyridine rings is 1. The number of fused-ring (bicyclic) bond motifs is 1. The minimum absolute atomic E-state index is 0.116. The Balaban J connectivity index is 2.16. The zero-order chi connectivity index (χ0) is 20.6. The molecule has 1 unspecified atom stereocenters. The highest BCUT2D eigenvalue weighted by Crippen LogP contribution is 2.45. The summed E-state index contributed by atoms with van der Waals surface area (Å²) in [5, 5.41) is 8.05. The van der Waals surface area contributed by atoms with Crippen molar-refractivity contribution >= 4 is 33.8 Å². The standard InChI is InChI=1S/C18H14N2O7S/c1-10-12(6-7-14(21)27-2)15(18(23)24)20-16(22)13(17(20)28(10,25)26)9-11-5-3-4-8-19-11/h3-9,17H,1H2,2H3,(H,23,24)/b7-6+,13-9-. The number of sulfone groups is 1. The Morgan fingerprint density at radius 2 is 2.07 bits per heavy atom. The van der Waals surface area contributed by atoms with E-state index in [0.717, 1.165) is 19.3 Å². The number of carboxylic acid groups (broad SMARTS) is 1. The molecule has 28 heavy (non-hydrogen) atoms. The van der Waals surface area contributed by atoms with E-state index in [-0.39, 0.29) is 11.1 Å². The number of methoxy groups -OCH3 is 1. The monoisotopic (exact) mass is 402 g/mol. The van der Waals surface area contributed by atoms with E-state index in [1.807, 2.05) is 0 Å². The van der Waals surface area contributed by atoms with Crippen molar-refractivity contribution < 1.29 is 32.6 Å². The molecular formula is C18H14N2O7S. The summed E-state index contributed by atoms with van der Waals surface area (Å²) in [4.78, 5) is 39.8. The average molecular weight is 402 g/mol. The molecule has 10 heteroatoms. The van der Waals surface area contributed by atoms with Crippen LogP contribution >= 0.6 is 0 Å². The Bertz CT molecular complexity index is 1100. The lowest BCUT2D eigenvalue weighted by atomic mass is 10.00. The fraction of sp³-hybridized carbons (Fsp3) is 0.111. The smallest absolute Gasteiger partial charge is 0.353 e. The quantitative estimate of drug-likeness (QED) is 0.441. The molecule has 144 valence electrons. The van der Waals surface area contributed by atoms with E-state index in [4.69, 9.17) is 0 Å². The molecule has 1 atom stereocenters. The molecule has 1 aromatic heterocycles. The molecule has 2 aliphatic rings. The molecule has 1 saturated heterocycles. The van der Waals surface area contributed by atoms with Crippen LogP contribution in [0.4, 0.5) is 0 Å². The van der Waals surface area contributed by atoms with Crippen LogP contribution in [-0.4, -0.2) is 53.7 Å². The summed E-state index contributed by atoms with van der Waals surface area (Å²) < 4.78 is 30.2. The molecule has 3 rings (SSSR count). The predicted octanol–water partition coefficient (Wildman–Crippen LogP) is 0.643. The molecule has 0 saturated carbocycles. The number of carbonyl (C=O) groups is 3. The summed E-state index contributed by atoms with van der Waals surface area (Å²) in [5.74, 6) is -3.14. The topological polar surface area (TPSA) is 131 Å². The van der Waals surface area contributed by atoms with Crippen molar-refractivity contribution in [2.24, 2.45) is 0 Å². The van der Waals surface area contributed by atoms with E-state index >= 15 is 0 Å². The number of aromatic nitrogens is 1. The Morgan fingerprint density at radius 3 is 2.64 bits per heavy atom. The van der Waals surface area contributed by atoms with E-state index in [9.17, 15) is 27.9 Å². The summed E-state index contributed by atoms with van der Waals surface area (Å²) in [7, 11) is -3.08. The molecule has 1 N–H and O–H groups in total. The Labute approximate surface area is 159 Å². The van der Waals surface area contributed by atoms with Crippen LogP contribution in [0.2, 0.25) is 0 Å². The molecule has 0 aliphatic carbocycles. The van der Waals surface area contributed by atoms with E-state index in [2.05, 4.69) is 16.3 Å². The van der Waals surface area contributed by atoms with Gasteiger partial charge in [0.25, 0.3) is 5.91 Å². The summed E-state index contributed by atoms with van der Waals surface area (Å²) in [6.45, 7) is 3.48. The summed E-state index contributed by atoms with van der Waals surface area (Å²) >= 11 is 0. The Morgan fingerprint density at radius 1 is 1.36 bits per heavy atom. The molecule has 3 heterocycles. The zero-order valence-corrected chi connectivity index (χ0v) is 15.3. The van der Waals surface area contributed by atoms with E-state index < -0.39 is 43.7 Å². The van der Waals surface area contributed by atoms with Crippen LogP contribution in [0.1, 0.15) is 5.69 Å². The minimum atomic E-state index is -4.18. The van der Waals surface area contributed by atoms with Gasteiger partial charge in [-0.2, -0.15) is 0 Å². The molecule has 2 aliphatic heterocycles. The van der Waals surface area contributed by atoms with Gasteiger partial charge in [-0.1, -0.05) is 12.6 Å². The first-order valence-corrected chi connectivity index (χ1v) is 9.37. The summed E-state index contributed by atoms with van der Waals surface area (Å²) in [5.41, 5.74) is -0.703. The van der Waals surface area contributed by atoms with Gasteiger partial charge in [-0.05, 0) is 24.3 Å². The second-order valence-corrected chi connectivity index (χ2v) is 7.80. The number of β-lactam (4-membered cyclic amide) rings is 1. The third kappa shape index (κ3) is 2.93. The Hall–Kier alpha value is -3.53. The van der Waals surface area contributed by atoms with Gasteiger partial charge in [0.1, 0.15) is 5.70 Å². The molecule has 0 spiro atoms. The normalized spacial score (nSPS) is 22.2. The van der Waals surface area contributed by atoms with Gasteiger partial charge < -0.3 is 9.84 Å². The molecule has 1 amide bonds. The number of aliphatic carboxylic acids is 1. The number of allylic oxidation sites excluding steroid dienone is 2. The third-order valence-electron chi connectivity index (χ3n) is 4.18.